The Morgan fingerprint density at radius 2 is 1.50 bits per heavy atom. The first-order valence-corrected chi connectivity index (χ1v) is 7.91. The first-order valence-electron chi connectivity index (χ1n) is 7.91. The summed E-state index contributed by atoms with van der Waals surface area (Å²) in [5.74, 6) is 0. The van der Waals surface area contributed by atoms with Gasteiger partial charge in [-0.25, -0.2) is 0 Å². The van der Waals surface area contributed by atoms with Crippen LogP contribution in [0.3, 0.4) is 0 Å². The molecule has 3 rings (SSSR count). The molecule has 0 amide bonds. The lowest BCUT2D eigenvalue weighted by Gasteiger charge is -2.14. The second-order valence-electron chi connectivity index (χ2n) is 5.75. The van der Waals surface area contributed by atoms with E-state index in [2.05, 4.69) is 54.6 Å². The molecule has 0 saturated carbocycles. The smallest absolute Gasteiger partial charge is 0.0575 e. The molecule has 0 heterocycles. The van der Waals surface area contributed by atoms with Crippen LogP contribution >= 0.6 is 0 Å². The number of hydrogen-bond donors (Lipinski definition) is 0. The normalized spacial score (nSPS) is 13.5. The zero-order valence-electron chi connectivity index (χ0n) is 13.4. The van der Waals surface area contributed by atoms with E-state index in [4.69, 9.17) is 4.84 Å². The van der Waals surface area contributed by atoms with E-state index in [9.17, 15) is 0 Å². The van der Waals surface area contributed by atoms with Gasteiger partial charge in [0.15, 0.2) is 0 Å². The van der Waals surface area contributed by atoms with Gasteiger partial charge in [-0.2, -0.15) is 5.06 Å². The Balaban J connectivity index is 2.00. The Morgan fingerprint density at radius 1 is 0.955 bits per heavy atom. The molecule has 0 N–H and O–H groups in total. The van der Waals surface area contributed by atoms with Gasteiger partial charge in [0.2, 0.25) is 0 Å². The fraction of sp³-hybridized carbons (Fsp3) is 0.300. The highest BCUT2D eigenvalue weighted by Crippen LogP contribution is 2.33. The van der Waals surface area contributed by atoms with Crippen molar-refractivity contribution in [1.29, 1.82) is 0 Å². The molecule has 0 aliphatic heterocycles. The van der Waals surface area contributed by atoms with Crippen molar-refractivity contribution < 1.29 is 4.84 Å². The molecule has 0 bridgehead atoms. The Bertz CT molecular complexity index is 625. The molecule has 1 aliphatic carbocycles. The van der Waals surface area contributed by atoms with Crippen LogP contribution in [0.15, 0.2) is 54.6 Å². The van der Waals surface area contributed by atoms with Crippen molar-refractivity contribution in [2.45, 2.75) is 19.3 Å². The number of rotatable bonds is 4. The van der Waals surface area contributed by atoms with Crippen LogP contribution in [0, 0.1) is 0 Å². The lowest BCUT2D eigenvalue weighted by Crippen LogP contribution is -2.17. The van der Waals surface area contributed by atoms with Crippen LogP contribution < -0.4 is 0 Å². The highest BCUT2D eigenvalue weighted by atomic mass is 16.7. The Morgan fingerprint density at radius 3 is 2.05 bits per heavy atom. The van der Waals surface area contributed by atoms with Gasteiger partial charge in [-0.15, -0.1) is 0 Å². The minimum Gasteiger partial charge on any atom is -0.303 e. The third kappa shape index (κ3) is 3.13. The first-order chi connectivity index (χ1) is 10.8. The number of benzene rings is 2. The van der Waals surface area contributed by atoms with Crippen LogP contribution in [-0.2, 0) is 17.7 Å². The maximum Gasteiger partial charge on any atom is 0.0575 e. The van der Waals surface area contributed by atoms with Gasteiger partial charge in [-0.1, -0.05) is 54.6 Å². The summed E-state index contributed by atoms with van der Waals surface area (Å²) < 4.78 is 0. The van der Waals surface area contributed by atoms with Crippen molar-refractivity contribution in [3.63, 3.8) is 0 Å². The number of hydroxylamine groups is 2. The molecule has 0 saturated heterocycles. The lowest BCUT2D eigenvalue weighted by molar-refractivity contribution is -0.107. The molecule has 0 aromatic heterocycles. The zero-order valence-corrected chi connectivity index (χ0v) is 13.4. The van der Waals surface area contributed by atoms with E-state index < -0.39 is 0 Å². The van der Waals surface area contributed by atoms with E-state index in [0.717, 1.165) is 25.8 Å². The maximum atomic E-state index is 5.21. The van der Waals surface area contributed by atoms with Crippen LogP contribution in [-0.4, -0.2) is 25.8 Å². The molecule has 22 heavy (non-hydrogen) atoms. The van der Waals surface area contributed by atoms with Gasteiger partial charge < -0.3 is 4.84 Å². The van der Waals surface area contributed by atoms with Gasteiger partial charge in [0.25, 0.3) is 0 Å². The van der Waals surface area contributed by atoms with E-state index in [0.29, 0.717) is 0 Å². The topological polar surface area (TPSA) is 12.5 Å². The summed E-state index contributed by atoms with van der Waals surface area (Å²) in [6.07, 6.45) is 5.56. The highest BCUT2D eigenvalue weighted by molar-refractivity contribution is 5.83. The van der Waals surface area contributed by atoms with Gasteiger partial charge in [-0.3, -0.25) is 0 Å². The molecule has 0 unspecified atom stereocenters. The van der Waals surface area contributed by atoms with Crippen LogP contribution in [0.1, 0.15) is 28.7 Å². The van der Waals surface area contributed by atoms with E-state index >= 15 is 0 Å². The summed E-state index contributed by atoms with van der Waals surface area (Å²) in [5, 5.41) is 1.87. The average Bonchev–Trinajstić information content (AvgIpc) is 2.72. The van der Waals surface area contributed by atoms with Crippen LogP contribution in [0.25, 0.3) is 5.57 Å². The Kier molecular flexibility index (Phi) is 4.71. The Hall–Kier alpha value is -1.90. The van der Waals surface area contributed by atoms with Gasteiger partial charge in [0, 0.05) is 13.6 Å². The van der Waals surface area contributed by atoms with E-state index in [1.807, 2.05) is 12.1 Å². The summed E-state index contributed by atoms with van der Waals surface area (Å²) in [7, 11) is 3.68. The van der Waals surface area contributed by atoms with Crippen LogP contribution in [0.2, 0.25) is 0 Å². The van der Waals surface area contributed by atoms with E-state index in [-0.39, 0.29) is 0 Å². The minimum atomic E-state index is 0.893. The molecule has 114 valence electrons. The summed E-state index contributed by atoms with van der Waals surface area (Å²) in [4.78, 5) is 5.21. The summed E-state index contributed by atoms with van der Waals surface area (Å²) in [6.45, 7) is 0.893. The quantitative estimate of drug-likeness (QED) is 0.787. The van der Waals surface area contributed by atoms with Gasteiger partial charge >= 0.3 is 0 Å². The average molecular weight is 293 g/mol. The summed E-state index contributed by atoms with van der Waals surface area (Å²) >= 11 is 0. The van der Waals surface area contributed by atoms with Crippen LogP contribution in [0.5, 0.6) is 0 Å². The predicted octanol–water partition coefficient (Wildman–Crippen LogP) is 4.10. The molecule has 0 atom stereocenters. The molecular formula is C20H23NO. The molecule has 2 aromatic rings. The number of fused-ring (bicyclic) bond motifs is 2. The Labute approximate surface area is 133 Å². The van der Waals surface area contributed by atoms with Crippen molar-refractivity contribution in [3.8, 4) is 0 Å². The standard InChI is InChI=1S/C20H23NO/c1-21(22-2)15-7-12-20-18-10-5-3-8-16(18)13-14-17-9-4-6-11-19(17)20/h3-6,8-12H,7,13-15H2,1-2H3. The summed E-state index contributed by atoms with van der Waals surface area (Å²) in [6, 6.07) is 17.6. The third-order valence-electron chi connectivity index (χ3n) is 4.38. The molecule has 2 nitrogen and oxygen atoms in total. The number of hydrogen-bond acceptors (Lipinski definition) is 2. The zero-order chi connectivity index (χ0) is 15.4. The van der Waals surface area contributed by atoms with E-state index in [1.165, 1.54) is 27.8 Å². The lowest BCUT2D eigenvalue weighted by atomic mass is 9.93. The predicted molar refractivity (Wildman–Crippen MR) is 91.6 cm³/mol. The molecule has 2 heteroatoms. The van der Waals surface area contributed by atoms with Crippen LogP contribution in [0.4, 0.5) is 0 Å². The minimum absolute atomic E-state index is 0.893. The molecular weight excluding hydrogens is 270 g/mol. The fourth-order valence-electron chi connectivity index (χ4n) is 3.12. The van der Waals surface area contributed by atoms with E-state index in [1.54, 1.807) is 7.11 Å². The molecule has 0 spiro atoms. The van der Waals surface area contributed by atoms with Crippen molar-refractivity contribution in [2.75, 3.05) is 20.7 Å². The fourth-order valence-corrected chi connectivity index (χ4v) is 3.12. The van der Waals surface area contributed by atoms with Gasteiger partial charge in [-0.05, 0) is 47.1 Å². The SMILES string of the molecule is CON(C)CCC=C1c2ccccc2CCc2ccccc21. The van der Waals surface area contributed by atoms with Crippen molar-refractivity contribution in [3.05, 3.63) is 76.9 Å². The molecule has 0 radical (unpaired) electrons. The third-order valence-corrected chi connectivity index (χ3v) is 4.38. The maximum absolute atomic E-state index is 5.21. The second-order valence-corrected chi connectivity index (χ2v) is 5.75. The van der Waals surface area contributed by atoms with Crippen molar-refractivity contribution in [2.24, 2.45) is 0 Å². The van der Waals surface area contributed by atoms with Crippen molar-refractivity contribution in [1.82, 2.24) is 5.06 Å². The van der Waals surface area contributed by atoms with Gasteiger partial charge in [0.1, 0.15) is 0 Å². The highest BCUT2D eigenvalue weighted by Gasteiger charge is 2.16. The molecule has 2 aromatic carbocycles. The number of aryl methyl sites for hydroxylation is 2. The second kappa shape index (κ2) is 6.91. The number of nitrogens with zero attached hydrogens (tertiary/aromatic N) is 1. The molecule has 0 fully saturated rings. The van der Waals surface area contributed by atoms with Crippen molar-refractivity contribution >= 4 is 5.57 Å². The van der Waals surface area contributed by atoms with Gasteiger partial charge in [0.05, 0.1) is 7.11 Å². The largest absolute Gasteiger partial charge is 0.303 e. The monoisotopic (exact) mass is 293 g/mol. The first kappa shape index (κ1) is 15.0. The summed E-state index contributed by atoms with van der Waals surface area (Å²) in [5.41, 5.74) is 7.03. The molecule has 1 aliphatic rings.